The van der Waals surface area contributed by atoms with Crippen molar-refractivity contribution in [1.29, 1.82) is 0 Å². The molecular formula is C15H30N2O. The number of rotatable bonds is 4. The summed E-state index contributed by atoms with van der Waals surface area (Å²) in [5.41, 5.74) is 5.83. The van der Waals surface area contributed by atoms with Gasteiger partial charge in [0, 0.05) is 11.5 Å². The Morgan fingerprint density at radius 2 is 1.83 bits per heavy atom. The first-order valence-electron chi connectivity index (χ1n) is 7.17. The molecule has 1 saturated carbocycles. The third kappa shape index (κ3) is 4.60. The van der Waals surface area contributed by atoms with Gasteiger partial charge in [-0.15, -0.1) is 0 Å². The predicted octanol–water partition coefficient (Wildman–Crippen LogP) is 2.69. The molecule has 3 N–H and O–H groups in total. The van der Waals surface area contributed by atoms with Crippen LogP contribution in [-0.4, -0.2) is 18.0 Å². The molecule has 1 aliphatic rings. The van der Waals surface area contributed by atoms with Gasteiger partial charge >= 0.3 is 0 Å². The molecule has 0 aliphatic heterocycles. The maximum atomic E-state index is 12.3. The summed E-state index contributed by atoms with van der Waals surface area (Å²) in [6, 6.07) is 0. The van der Waals surface area contributed by atoms with E-state index in [4.69, 9.17) is 5.73 Å². The van der Waals surface area contributed by atoms with Crippen LogP contribution in [0.3, 0.4) is 0 Å². The highest BCUT2D eigenvalue weighted by Crippen LogP contribution is 2.32. The largest absolute Gasteiger partial charge is 0.351 e. The van der Waals surface area contributed by atoms with Crippen LogP contribution in [0.2, 0.25) is 0 Å². The van der Waals surface area contributed by atoms with Gasteiger partial charge in [0.05, 0.1) is 0 Å². The van der Waals surface area contributed by atoms with Crippen LogP contribution in [-0.2, 0) is 4.79 Å². The molecular weight excluding hydrogens is 224 g/mol. The fourth-order valence-electron chi connectivity index (χ4n) is 3.46. The van der Waals surface area contributed by atoms with Crippen LogP contribution >= 0.6 is 0 Å². The van der Waals surface area contributed by atoms with Crippen LogP contribution in [0, 0.1) is 17.3 Å². The topological polar surface area (TPSA) is 55.1 Å². The Balaban J connectivity index is 2.58. The van der Waals surface area contributed by atoms with Gasteiger partial charge < -0.3 is 11.1 Å². The van der Waals surface area contributed by atoms with E-state index < -0.39 is 0 Å². The molecule has 2 atom stereocenters. The third-order valence-electron chi connectivity index (χ3n) is 3.73. The summed E-state index contributed by atoms with van der Waals surface area (Å²) in [4.78, 5) is 12.3. The van der Waals surface area contributed by atoms with Crippen molar-refractivity contribution in [3.63, 3.8) is 0 Å². The molecule has 0 aromatic carbocycles. The van der Waals surface area contributed by atoms with E-state index in [1.54, 1.807) is 0 Å². The molecule has 0 saturated heterocycles. The van der Waals surface area contributed by atoms with Crippen molar-refractivity contribution < 1.29 is 4.79 Å². The Morgan fingerprint density at radius 1 is 1.22 bits per heavy atom. The average Bonchev–Trinajstić information content (AvgIpc) is 2.59. The van der Waals surface area contributed by atoms with Crippen molar-refractivity contribution in [2.75, 3.05) is 6.54 Å². The molecule has 0 aromatic rings. The van der Waals surface area contributed by atoms with Crippen molar-refractivity contribution in [3.8, 4) is 0 Å². The van der Waals surface area contributed by atoms with Crippen molar-refractivity contribution in [2.24, 2.45) is 23.0 Å². The van der Waals surface area contributed by atoms with Gasteiger partial charge in [-0.25, -0.2) is 0 Å². The Labute approximate surface area is 112 Å². The number of nitrogens with two attached hydrogens (primary N) is 1. The Kier molecular flexibility index (Phi) is 4.82. The van der Waals surface area contributed by atoms with Crippen LogP contribution in [0.5, 0.6) is 0 Å². The van der Waals surface area contributed by atoms with Gasteiger partial charge in [-0.1, -0.05) is 27.2 Å². The summed E-state index contributed by atoms with van der Waals surface area (Å²) >= 11 is 0. The molecule has 3 heteroatoms. The summed E-state index contributed by atoms with van der Waals surface area (Å²) in [6.45, 7) is 11.5. The molecule has 0 aromatic heterocycles. The van der Waals surface area contributed by atoms with Crippen molar-refractivity contribution in [1.82, 2.24) is 5.32 Å². The van der Waals surface area contributed by atoms with Crippen LogP contribution in [0.1, 0.15) is 60.3 Å². The highest BCUT2D eigenvalue weighted by Gasteiger charge is 2.35. The molecule has 1 rings (SSSR count). The molecule has 1 fully saturated rings. The average molecular weight is 254 g/mol. The van der Waals surface area contributed by atoms with E-state index in [9.17, 15) is 4.79 Å². The number of hydrogen-bond donors (Lipinski definition) is 2. The lowest BCUT2D eigenvalue weighted by Crippen LogP contribution is -2.49. The van der Waals surface area contributed by atoms with E-state index in [-0.39, 0.29) is 22.8 Å². The van der Waals surface area contributed by atoms with Gasteiger partial charge in [0.25, 0.3) is 0 Å². The lowest BCUT2D eigenvalue weighted by atomic mass is 9.81. The summed E-state index contributed by atoms with van der Waals surface area (Å²) < 4.78 is 0. The fourth-order valence-corrected chi connectivity index (χ4v) is 3.46. The Morgan fingerprint density at radius 3 is 2.33 bits per heavy atom. The smallest absolute Gasteiger partial charge is 0.223 e. The zero-order valence-corrected chi connectivity index (χ0v) is 12.7. The molecule has 1 aliphatic carbocycles. The van der Waals surface area contributed by atoms with E-state index >= 15 is 0 Å². The highest BCUT2D eigenvalue weighted by atomic mass is 16.2. The molecule has 0 bridgehead atoms. The molecule has 3 nitrogen and oxygen atoms in total. The molecule has 2 unspecified atom stereocenters. The van der Waals surface area contributed by atoms with Crippen LogP contribution < -0.4 is 11.1 Å². The van der Waals surface area contributed by atoms with Crippen molar-refractivity contribution in [2.45, 2.75) is 65.8 Å². The van der Waals surface area contributed by atoms with Crippen LogP contribution in [0.25, 0.3) is 0 Å². The third-order valence-corrected chi connectivity index (χ3v) is 3.73. The minimum absolute atomic E-state index is 0.134. The first-order valence-corrected chi connectivity index (χ1v) is 7.17. The lowest BCUT2D eigenvalue weighted by molar-refractivity contribution is -0.127. The highest BCUT2D eigenvalue weighted by molar-refractivity contribution is 5.80. The first-order chi connectivity index (χ1) is 8.14. The molecule has 106 valence electrons. The predicted molar refractivity (Wildman–Crippen MR) is 76.2 cm³/mol. The molecule has 0 radical (unpaired) electrons. The summed E-state index contributed by atoms with van der Waals surface area (Å²) in [7, 11) is 0. The zero-order valence-electron chi connectivity index (χ0n) is 12.7. The second kappa shape index (κ2) is 5.60. The second-order valence-corrected chi connectivity index (χ2v) is 7.64. The van der Waals surface area contributed by atoms with Crippen LogP contribution in [0.15, 0.2) is 0 Å². The molecule has 0 spiro atoms. The number of nitrogens with one attached hydrogen (secondary N) is 1. The normalized spacial score (nSPS) is 25.2. The van der Waals surface area contributed by atoms with E-state index in [0.717, 1.165) is 25.7 Å². The van der Waals surface area contributed by atoms with E-state index in [0.29, 0.717) is 12.5 Å². The van der Waals surface area contributed by atoms with E-state index in [1.165, 1.54) is 0 Å². The minimum Gasteiger partial charge on any atom is -0.351 e. The standard InChI is InChI=1S/C15H30N2O/c1-14(2,3)10-15(4,5)17-13(18)12-8-6-7-11(12)9-16/h11-12H,6-10,16H2,1-5H3,(H,17,18). The van der Waals surface area contributed by atoms with E-state index in [1.807, 2.05) is 0 Å². The van der Waals surface area contributed by atoms with Gasteiger partial charge in [-0.2, -0.15) is 0 Å². The lowest BCUT2D eigenvalue weighted by Gasteiger charge is -2.34. The molecule has 1 amide bonds. The van der Waals surface area contributed by atoms with Crippen molar-refractivity contribution >= 4 is 5.91 Å². The summed E-state index contributed by atoms with van der Waals surface area (Å²) in [5, 5.41) is 3.22. The quantitative estimate of drug-likeness (QED) is 0.810. The van der Waals surface area contributed by atoms with Gasteiger partial charge in [0.15, 0.2) is 0 Å². The monoisotopic (exact) mass is 254 g/mol. The number of carbonyl (C=O) groups is 1. The summed E-state index contributed by atoms with van der Waals surface area (Å²) in [5.74, 6) is 0.724. The van der Waals surface area contributed by atoms with Gasteiger partial charge in [0.1, 0.15) is 0 Å². The number of carbonyl (C=O) groups excluding carboxylic acids is 1. The molecule has 0 heterocycles. The SMILES string of the molecule is CC(C)(C)CC(C)(C)NC(=O)C1CCCC1CN. The van der Waals surface area contributed by atoms with Gasteiger partial charge in [-0.05, 0) is 51.0 Å². The summed E-state index contributed by atoms with van der Waals surface area (Å²) in [6.07, 6.45) is 4.22. The maximum absolute atomic E-state index is 12.3. The van der Waals surface area contributed by atoms with Gasteiger partial charge in [-0.3, -0.25) is 4.79 Å². The number of amides is 1. The Bertz CT molecular complexity index is 291. The number of hydrogen-bond acceptors (Lipinski definition) is 2. The maximum Gasteiger partial charge on any atom is 0.223 e. The molecule has 18 heavy (non-hydrogen) atoms. The van der Waals surface area contributed by atoms with E-state index in [2.05, 4.69) is 39.9 Å². The van der Waals surface area contributed by atoms with Crippen LogP contribution in [0.4, 0.5) is 0 Å². The second-order valence-electron chi connectivity index (χ2n) is 7.64. The Hall–Kier alpha value is -0.570. The van der Waals surface area contributed by atoms with Crippen molar-refractivity contribution in [3.05, 3.63) is 0 Å². The minimum atomic E-state index is -0.142. The first kappa shape index (κ1) is 15.5. The van der Waals surface area contributed by atoms with Gasteiger partial charge in [0.2, 0.25) is 5.91 Å². The zero-order chi connectivity index (χ0) is 14.0. The fraction of sp³-hybridized carbons (Fsp3) is 0.933.